The molecule has 0 heterocycles. The molecule has 0 spiro atoms. The van der Waals surface area contributed by atoms with Crippen LogP contribution < -0.4 is 9.47 Å². The second-order valence-corrected chi connectivity index (χ2v) is 6.45. The molecule has 2 aromatic rings. The molecular formula is C16H13BrCl2O3. The first-order valence-electron chi connectivity index (χ1n) is 6.51. The van der Waals surface area contributed by atoms with Crippen LogP contribution in [-0.4, -0.2) is 12.1 Å². The molecular weight excluding hydrogens is 391 g/mol. The summed E-state index contributed by atoms with van der Waals surface area (Å²) < 4.78 is 11.5. The molecule has 0 saturated heterocycles. The molecule has 0 N–H and O–H groups in total. The van der Waals surface area contributed by atoms with Gasteiger partial charge >= 0.3 is 5.97 Å². The van der Waals surface area contributed by atoms with Gasteiger partial charge in [-0.3, -0.25) is 0 Å². The Labute approximate surface area is 147 Å². The minimum Gasteiger partial charge on any atom is -0.490 e. The fraction of sp³-hybridized carbons (Fsp3) is 0.188. The molecule has 0 atom stereocenters. The number of ether oxygens (including phenoxy) is 2. The molecule has 0 aromatic heterocycles. The Hall–Kier alpha value is -1.23. The van der Waals surface area contributed by atoms with E-state index in [-0.39, 0.29) is 16.9 Å². The molecule has 0 unspecified atom stereocenters. The molecule has 0 saturated carbocycles. The Kier molecular flexibility index (Phi) is 5.73. The fourth-order valence-electron chi connectivity index (χ4n) is 1.77. The lowest BCUT2D eigenvalue weighted by Gasteiger charge is -2.14. The molecule has 0 aliphatic heterocycles. The smallest absolute Gasteiger partial charge is 0.347 e. The second kappa shape index (κ2) is 7.36. The van der Waals surface area contributed by atoms with Crippen molar-refractivity contribution in [3.05, 3.63) is 56.5 Å². The van der Waals surface area contributed by atoms with Crippen LogP contribution in [0, 0.1) is 0 Å². The molecule has 116 valence electrons. The highest BCUT2D eigenvalue weighted by Gasteiger charge is 2.18. The second-order valence-electron chi connectivity index (χ2n) is 4.75. The summed E-state index contributed by atoms with van der Waals surface area (Å²) in [5.41, 5.74) is 0.328. The quantitative estimate of drug-likeness (QED) is 0.480. The van der Waals surface area contributed by atoms with Gasteiger partial charge in [-0.1, -0.05) is 35.3 Å². The average Bonchev–Trinajstić information content (AvgIpc) is 2.42. The highest BCUT2D eigenvalue weighted by molar-refractivity contribution is 9.10. The van der Waals surface area contributed by atoms with Crippen molar-refractivity contribution in [1.29, 1.82) is 0 Å². The van der Waals surface area contributed by atoms with E-state index in [2.05, 4.69) is 15.9 Å². The highest BCUT2D eigenvalue weighted by atomic mass is 79.9. The van der Waals surface area contributed by atoms with Gasteiger partial charge in [-0.05, 0) is 54.0 Å². The van der Waals surface area contributed by atoms with Gasteiger partial charge in [0.05, 0.1) is 15.6 Å². The van der Waals surface area contributed by atoms with Crippen molar-refractivity contribution in [3.63, 3.8) is 0 Å². The standard InChI is InChI=1S/C16H13BrCl2O3/c1-9(2)21-14-6-4-3-5-11(14)16(20)22-15-12(17)7-10(18)8-13(15)19/h3-9H,1-2H3. The van der Waals surface area contributed by atoms with Crippen molar-refractivity contribution < 1.29 is 14.3 Å². The lowest BCUT2D eigenvalue weighted by Crippen LogP contribution is -2.14. The van der Waals surface area contributed by atoms with Crippen LogP contribution >= 0.6 is 39.1 Å². The SMILES string of the molecule is CC(C)Oc1ccccc1C(=O)Oc1c(Cl)cc(Cl)cc1Br. The average molecular weight is 404 g/mol. The number of halogens is 3. The number of benzene rings is 2. The third kappa shape index (κ3) is 4.15. The van der Waals surface area contributed by atoms with E-state index in [9.17, 15) is 4.79 Å². The summed E-state index contributed by atoms with van der Waals surface area (Å²) in [5, 5.41) is 0.690. The normalized spacial score (nSPS) is 10.6. The molecule has 0 amide bonds. The predicted molar refractivity (Wildman–Crippen MR) is 91.3 cm³/mol. The first-order valence-corrected chi connectivity index (χ1v) is 8.05. The van der Waals surface area contributed by atoms with E-state index >= 15 is 0 Å². The third-order valence-corrected chi connectivity index (χ3v) is 3.72. The van der Waals surface area contributed by atoms with Crippen LogP contribution in [0.2, 0.25) is 10.0 Å². The summed E-state index contributed by atoms with van der Waals surface area (Å²) in [7, 11) is 0. The number of hydrogen-bond acceptors (Lipinski definition) is 3. The molecule has 22 heavy (non-hydrogen) atoms. The summed E-state index contributed by atoms with van der Waals surface area (Å²) >= 11 is 15.2. The zero-order chi connectivity index (χ0) is 16.3. The molecule has 0 radical (unpaired) electrons. The van der Waals surface area contributed by atoms with Gasteiger partial charge in [0.25, 0.3) is 0 Å². The van der Waals surface area contributed by atoms with E-state index in [0.29, 0.717) is 20.8 Å². The largest absolute Gasteiger partial charge is 0.490 e. The zero-order valence-electron chi connectivity index (χ0n) is 11.9. The number of rotatable bonds is 4. The van der Waals surface area contributed by atoms with Gasteiger partial charge in [0.1, 0.15) is 11.3 Å². The zero-order valence-corrected chi connectivity index (χ0v) is 15.0. The van der Waals surface area contributed by atoms with E-state index < -0.39 is 5.97 Å². The minimum atomic E-state index is -0.554. The fourth-order valence-corrected chi connectivity index (χ4v) is 3.09. The Morgan fingerprint density at radius 1 is 1.18 bits per heavy atom. The summed E-state index contributed by atoms with van der Waals surface area (Å²) in [5.74, 6) is 0.125. The number of para-hydroxylation sites is 1. The van der Waals surface area contributed by atoms with Crippen LogP contribution in [0.25, 0.3) is 0 Å². The van der Waals surface area contributed by atoms with E-state index in [0.717, 1.165) is 0 Å². The molecule has 2 aromatic carbocycles. The van der Waals surface area contributed by atoms with Crippen LogP contribution in [0.1, 0.15) is 24.2 Å². The van der Waals surface area contributed by atoms with Crippen LogP contribution in [0.3, 0.4) is 0 Å². The van der Waals surface area contributed by atoms with Gasteiger partial charge in [0.2, 0.25) is 0 Å². The molecule has 0 bridgehead atoms. The third-order valence-electron chi connectivity index (χ3n) is 2.63. The lowest BCUT2D eigenvalue weighted by molar-refractivity contribution is 0.0727. The Bertz CT molecular complexity index is 679. The minimum absolute atomic E-state index is 0.0557. The lowest BCUT2D eigenvalue weighted by atomic mass is 10.2. The molecule has 6 heteroatoms. The van der Waals surface area contributed by atoms with Gasteiger partial charge in [-0.2, -0.15) is 0 Å². The Morgan fingerprint density at radius 3 is 2.50 bits per heavy atom. The van der Waals surface area contributed by atoms with Gasteiger partial charge in [0, 0.05) is 5.02 Å². The van der Waals surface area contributed by atoms with Crippen LogP contribution in [0.15, 0.2) is 40.9 Å². The van der Waals surface area contributed by atoms with Crippen molar-refractivity contribution in [2.45, 2.75) is 20.0 Å². The highest BCUT2D eigenvalue weighted by Crippen LogP contribution is 2.37. The van der Waals surface area contributed by atoms with E-state index in [1.165, 1.54) is 6.07 Å². The Morgan fingerprint density at radius 2 is 1.86 bits per heavy atom. The maximum Gasteiger partial charge on any atom is 0.347 e. The summed E-state index contributed by atoms with van der Waals surface area (Å²) in [4.78, 5) is 12.4. The topological polar surface area (TPSA) is 35.5 Å². The van der Waals surface area contributed by atoms with E-state index in [4.69, 9.17) is 32.7 Å². The molecule has 0 aliphatic rings. The molecule has 0 fully saturated rings. The van der Waals surface area contributed by atoms with Gasteiger partial charge in [0.15, 0.2) is 5.75 Å². The summed E-state index contributed by atoms with van der Waals surface area (Å²) in [6, 6.07) is 9.99. The summed E-state index contributed by atoms with van der Waals surface area (Å²) in [6.07, 6.45) is -0.0557. The van der Waals surface area contributed by atoms with Gasteiger partial charge in [-0.15, -0.1) is 0 Å². The number of carbonyl (C=O) groups excluding carboxylic acids is 1. The van der Waals surface area contributed by atoms with E-state index in [1.807, 2.05) is 13.8 Å². The van der Waals surface area contributed by atoms with Crippen molar-refractivity contribution in [3.8, 4) is 11.5 Å². The number of esters is 1. The van der Waals surface area contributed by atoms with Gasteiger partial charge in [-0.25, -0.2) is 4.79 Å². The first kappa shape index (κ1) is 17.1. The Balaban J connectivity index is 2.31. The van der Waals surface area contributed by atoms with Crippen LogP contribution in [0.5, 0.6) is 11.5 Å². The van der Waals surface area contributed by atoms with Crippen molar-refractivity contribution >= 4 is 45.1 Å². The molecule has 3 nitrogen and oxygen atoms in total. The summed E-state index contributed by atoms with van der Waals surface area (Å²) in [6.45, 7) is 3.77. The monoisotopic (exact) mass is 402 g/mol. The maximum atomic E-state index is 12.4. The molecule has 0 aliphatic carbocycles. The van der Waals surface area contributed by atoms with Crippen molar-refractivity contribution in [2.24, 2.45) is 0 Å². The van der Waals surface area contributed by atoms with Crippen LogP contribution in [-0.2, 0) is 0 Å². The van der Waals surface area contributed by atoms with Crippen molar-refractivity contribution in [2.75, 3.05) is 0 Å². The predicted octanol–water partition coefficient (Wildman–Crippen LogP) is 5.76. The first-order chi connectivity index (χ1) is 10.4. The van der Waals surface area contributed by atoms with Gasteiger partial charge < -0.3 is 9.47 Å². The number of carbonyl (C=O) groups is 1. The van der Waals surface area contributed by atoms with E-state index in [1.54, 1.807) is 30.3 Å². The molecule has 2 rings (SSSR count). The number of hydrogen-bond donors (Lipinski definition) is 0. The van der Waals surface area contributed by atoms with Crippen molar-refractivity contribution in [1.82, 2.24) is 0 Å². The van der Waals surface area contributed by atoms with Crippen LogP contribution in [0.4, 0.5) is 0 Å². The maximum absolute atomic E-state index is 12.4.